The lowest BCUT2D eigenvalue weighted by Gasteiger charge is -2.19. The predicted molar refractivity (Wildman–Crippen MR) is 116 cm³/mol. The minimum Gasteiger partial charge on any atom is -0.444 e. The molecule has 1 aromatic carbocycles. The summed E-state index contributed by atoms with van der Waals surface area (Å²) in [7, 11) is 1.76. The van der Waals surface area contributed by atoms with Crippen molar-refractivity contribution in [3.8, 4) is 0 Å². The number of anilines is 1. The van der Waals surface area contributed by atoms with Crippen molar-refractivity contribution in [2.24, 2.45) is 4.99 Å². The van der Waals surface area contributed by atoms with Gasteiger partial charge >= 0.3 is 6.09 Å². The van der Waals surface area contributed by atoms with Gasteiger partial charge in [-0.3, -0.25) is 15.0 Å². The minimum absolute atomic E-state index is 0.450. The van der Waals surface area contributed by atoms with E-state index in [1.165, 1.54) is 5.56 Å². The zero-order valence-electron chi connectivity index (χ0n) is 17.7. The highest BCUT2D eigenvalue weighted by atomic mass is 16.6. The van der Waals surface area contributed by atoms with E-state index in [0.29, 0.717) is 5.69 Å². The van der Waals surface area contributed by atoms with Gasteiger partial charge in [-0.2, -0.15) is 5.10 Å². The molecule has 0 aliphatic carbocycles. The molecule has 0 spiro atoms. The van der Waals surface area contributed by atoms with Crippen LogP contribution in [0.4, 0.5) is 10.5 Å². The highest BCUT2D eigenvalue weighted by Crippen LogP contribution is 2.13. The molecule has 0 bridgehead atoms. The largest absolute Gasteiger partial charge is 0.444 e. The number of aryl methyl sites for hydroxylation is 1. The lowest BCUT2D eigenvalue weighted by atomic mass is 10.1. The van der Waals surface area contributed by atoms with Crippen LogP contribution in [0.15, 0.2) is 47.7 Å². The summed E-state index contributed by atoms with van der Waals surface area (Å²) >= 11 is 0. The monoisotopic (exact) mass is 400 g/mol. The van der Waals surface area contributed by atoms with Gasteiger partial charge in [0.05, 0.1) is 0 Å². The molecule has 158 valence electrons. The number of ether oxygens (including phenoxy) is 1. The first-order valence-electron chi connectivity index (χ1n) is 9.86. The first-order chi connectivity index (χ1) is 13.9. The normalized spacial score (nSPS) is 11.8. The van der Waals surface area contributed by atoms with Crippen LogP contribution in [0.1, 0.15) is 32.8 Å². The van der Waals surface area contributed by atoms with Gasteiger partial charge in [-0.15, -0.1) is 0 Å². The third-order valence-electron chi connectivity index (χ3n) is 3.94. The molecule has 0 aliphatic heterocycles. The van der Waals surface area contributed by atoms with E-state index in [4.69, 9.17) is 4.74 Å². The average molecular weight is 401 g/mol. The van der Waals surface area contributed by atoms with Gasteiger partial charge < -0.3 is 15.4 Å². The zero-order chi connectivity index (χ0) is 21.1. The van der Waals surface area contributed by atoms with Gasteiger partial charge in [-0.1, -0.05) is 12.1 Å². The number of aromatic nitrogens is 2. The number of nitrogens with zero attached hydrogens (tertiary/aromatic N) is 3. The standard InChI is InChI=1S/C21H32N6O2/c1-21(2,3)29-20(28)26-18-9-7-17(8-10-18)11-14-24-19(22-4)23-12-5-15-27-16-6-13-25-27/h6-10,13,16H,5,11-12,14-15H2,1-4H3,(H,26,28)(H2,22,23,24). The van der Waals surface area contributed by atoms with Gasteiger partial charge in [-0.05, 0) is 57.4 Å². The summed E-state index contributed by atoms with van der Waals surface area (Å²) in [5, 5.41) is 13.5. The number of hydrogen-bond acceptors (Lipinski definition) is 4. The number of rotatable bonds is 8. The molecule has 2 aromatic rings. The first-order valence-corrected chi connectivity index (χ1v) is 9.86. The molecule has 0 radical (unpaired) electrons. The summed E-state index contributed by atoms with van der Waals surface area (Å²) in [6, 6.07) is 9.67. The topological polar surface area (TPSA) is 92.6 Å². The first kappa shape index (κ1) is 22.3. The van der Waals surface area contributed by atoms with Crippen molar-refractivity contribution in [3.63, 3.8) is 0 Å². The van der Waals surface area contributed by atoms with E-state index in [1.54, 1.807) is 13.2 Å². The fourth-order valence-corrected chi connectivity index (χ4v) is 2.60. The van der Waals surface area contributed by atoms with E-state index < -0.39 is 11.7 Å². The lowest BCUT2D eigenvalue weighted by molar-refractivity contribution is 0.0636. The van der Waals surface area contributed by atoms with Gasteiger partial charge in [0, 0.05) is 44.8 Å². The van der Waals surface area contributed by atoms with E-state index in [-0.39, 0.29) is 0 Å². The molecule has 0 unspecified atom stereocenters. The quantitative estimate of drug-likeness (QED) is 0.360. The van der Waals surface area contributed by atoms with Gasteiger partial charge in [0.2, 0.25) is 0 Å². The molecule has 29 heavy (non-hydrogen) atoms. The minimum atomic E-state index is -0.512. The van der Waals surface area contributed by atoms with Crippen molar-refractivity contribution < 1.29 is 9.53 Å². The second-order valence-corrected chi connectivity index (χ2v) is 7.62. The Balaban J connectivity index is 1.66. The Kier molecular flexibility index (Phi) is 8.51. The molecule has 0 aliphatic rings. The van der Waals surface area contributed by atoms with Crippen LogP contribution < -0.4 is 16.0 Å². The maximum atomic E-state index is 11.8. The van der Waals surface area contributed by atoms with Gasteiger partial charge in [-0.25, -0.2) is 4.79 Å². The fourth-order valence-electron chi connectivity index (χ4n) is 2.60. The average Bonchev–Trinajstić information content (AvgIpc) is 3.17. The number of benzene rings is 1. The summed E-state index contributed by atoms with van der Waals surface area (Å²) in [5.41, 5.74) is 1.37. The van der Waals surface area contributed by atoms with Crippen LogP contribution in [0.2, 0.25) is 0 Å². The zero-order valence-corrected chi connectivity index (χ0v) is 17.7. The van der Waals surface area contributed by atoms with E-state index >= 15 is 0 Å². The lowest BCUT2D eigenvalue weighted by Crippen LogP contribution is -2.39. The van der Waals surface area contributed by atoms with Crippen molar-refractivity contribution in [1.29, 1.82) is 0 Å². The number of nitrogens with one attached hydrogen (secondary N) is 3. The molecule has 8 nitrogen and oxygen atoms in total. The Morgan fingerprint density at radius 2 is 1.90 bits per heavy atom. The second kappa shape index (κ2) is 11.1. The van der Waals surface area contributed by atoms with E-state index in [2.05, 4.69) is 26.0 Å². The van der Waals surface area contributed by atoms with Crippen molar-refractivity contribution in [2.45, 2.75) is 45.8 Å². The molecule has 0 saturated heterocycles. The smallest absolute Gasteiger partial charge is 0.412 e. The number of aliphatic imine (C=N–C) groups is 1. The molecular weight excluding hydrogens is 368 g/mol. The molecule has 3 N–H and O–H groups in total. The number of carbonyl (C=O) groups is 1. The van der Waals surface area contributed by atoms with Crippen LogP contribution >= 0.6 is 0 Å². The third kappa shape index (κ3) is 9.14. The maximum absolute atomic E-state index is 11.8. The molecule has 1 aromatic heterocycles. The summed E-state index contributed by atoms with van der Waals surface area (Å²) in [6.45, 7) is 7.98. The molecule has 0 fully saturated rings. The Morgan fingerprint density at radius 3 is 2.52 bits per heavy atom. The SMILES string of the molecule is CN=C(NCCCn1cccn1)NCCc1ccc(NC(=O)OC(C)(C)C)cc1. The van der Waals surface area contributed by atoms with Gasteiger partial charge in [0.25, 0.3) is 0 Å². The van der Waals surface area contributed by atoms with Crippen molar-refractivity contribution in [3.05, 3.63) is 48.3 Å². The maximum Gasteiger partial charge on any atom is 0.412 e. The van der Waals surface area contributed by atoms with Crippen LogP contribution in [0.25, 0.3) is 0 Å². The molecule has 1 heterocycles. The van der Waals surface area contributed by atoms with Crippen LogP contribution in [-0.2, 0) is 17.7 Å². The van der Waals surface area contributed by atoms with Crippen LogP contribution in [0.5, 0.6) is 0 Å². The van der Waals surface area contributed by atoms with Gasteiger partial charge in [0.1, 0.15) is 5.60 Å². The van der Waals surface area contributed by atoms with Crippen molar-refractivity contribution in [1.82, 2.24) is 20.4 Å². The highest BCUT2D eigenvalue weighted by Gasteiger charge is 2.16. The number of hydrogen-bond donors (Lipinski definition) is 3. The number of carbonyl (C=O) groups excluding carboxylic acids is 1. The Bertz CT molecular complexity index is 763. The Hall–Kier alpha value is -3.03. The fraction of sp³-hybridized carbons (Fsp3) is 0.476. The Morgan fingerprint density at radius 1 is 1.17 bits per heavy atom. The molecule has 2 rings (SSSR count). The van der Waals surface area contributed by atoms with E-state index in [0.717, 1.165) is 38.4 Å². The summed E-state index contributed by atoms with van der Waals surface area (Å²) < 4.78 is 7.17. The van der Waals surface area contributed by atoms with Crippen LogP contribution in [-0.4, -0.2) is 47.6 Å². The number of amides is 1. The van der Waals surface area contributed by atoms with Crippen LogP contribution in [0.3, 0.4) is 0 Å². The highest BCUT2D eigenvalue weighted by molar-refractivity contribution is 5.84. The second-order valence-electron chi connectivity index (χ2n) is 7.62. The van der Waals surface area contributed by atoms with E-state index in [1.807, 2.05) is 62.0 Å². The molecule has 0 saturated carbocycles. The van der Waals surface area contributed by atoms with Crippen molar-refractivity contribution >= 4 is 17.7 Å². The molecular formula is C21H32N6O2. The summed E-state index contributed by atoms with van der Waals surface area (Å²) in [6.07, 6.45) is 5.11. The number of guanidine groups is 1. The molecule has 1 amide bonds. The van der Waals surface area contributed by atoms with Crippen LogP contribution in [0, 0.1) is 0 Å². The van der Waals surface area contributed by atoms with Crippen molar-refractivity contribution in [2.75, 3.05) is 25.5 Å². The molecule has 8 heteroatoms. The van der Waals surface area contributed by atoms with Gasteiger partial charge in [0.15, 0.2) is 5.96 Å². The summed E-state index contributed by atoms with van der Waals surface area (Å²) in [5.74, 6) is 0.786. The van der Waals surface area contributed by atoms with E-state index in [9.17, 15) is 4.79 Å². The summed E-state index contributed by atoms with van der Waals surface area (Å²) in [4.78, 5) is 16.0. The predicted octanol–water partition coefficient (Wildman–Crippen LogP) is 3.03. The third-order valence-corrected chi connectivity index (χ3v) is 3.94. The Labute approximate surface area is 172 Å². The molecule has 0 atom stereocenters.